The lowest BCUT2D eigenvalue weighted by atomic mass is 10.1. The molecule has 0 fully saturated rings. The second-order valence-corrected chi connectivity index (χ2v) is 3.75. The van der Waals surface area contributed by atoms with Gasteiger partial charge >= 0.3 is 0 Å². The summed E-state index contributed by atoms with van der Waals surface area (Å²) in [7, 11) is 1.84. The highest BCUT2D eigenvalue weighted by Gasteiger charge is 2.08. The summed E-state index contributed by atoms with van der Waals surface area (Å²) in [5.41, 5.74) is 0.905. The molecule has 0 aliphatic rings. The van der Waals surface area contributed by atoms with Gasteiger partial charge in [-0.15, -0.1) is 0 Å². The minimum atomic E-state index is -0.332. The fraction of sp³-hybridized carbons (Fsp3) is 0.538. The van der Waals surface area contributed by atoms with Crippen LogP contribution in [0.1, 0.15) is 25.5 Å². The molecule has 0 aliphatic carbocycles. The Bertz CT molecular complexity index is 344. The molecule has 4 heteroatoms. The van der Waals surface area contributed by atoms with Crippen molar-refractivity contribution in [1.82, 2.24) is 5.32 Å². The third-order valence-corrected chi connectivity index (χ3v) is 2.58. The highest BCUT2D eigenvalue weighted by atomic mass is 19.1. The third kappa shape index (κ3) is 4.32. The van der Waals surface area contributed by atoms with E-state index in [9.17, 15) is 4.39 Å². The van der Waals surface area contributed by atoms with Gasteiger partial charge in [0.05, 0.1) is 6.61 Å². The molecule has 0 amide bonds. The van der Waals surface area contributed by atoms with Gasteiger partial charge in [-0.3, -0.25) is 0 Å². The molecule has 0 heterocycles. The van der Waals surface area contributed by atoms with E-state index < -0.39 is 0 Å². The van der Waals surface area contributed by atoms with Gasteiger partial charge in [0.2, 0.25) is 0 Å². The Balaban J connectivity index is 2.57. The van der Waals surface area contributed by atoms with Crippen LogP contribution in [-0.4, -0.2) is 26.9 Å². The number of rotatable bonds is 7. The molecule has 0 saturated heterocycles. The van der Waals surface area contributed by atoms with E-state index in [0.717, 1.165) is 5.56 Å². The van der Waals surface area contributed by atoms with E-state index in [1.165, 1.54) is 6.07 Å². The van der Waals surface area contributed by atoms with E-state index in [1.54, 1.807) is 6.07 Å². The number of ether oxygens (including phenoxy) is 2. The lowest BCUT2D eigenvalue weighted by Gasteiger charge is -2.12. The summed E-state index contributed by atoms with van der Waals surface area (Å²) < 4.78 is 24.1. The Morgan fingerprint density at radius 3 is 2.71 bits per heavy atom. The van der Waals surface area contributed by atoms with Crippen LogP contribution in [0.5, 0.6) is 5.75 Å². The van der Waals surface area contributed by atoms with Gasteiger partial charge < -0.3 is 14.8 Å². The second-order valence-electron chi connectivity index (χ2n) is 3.75. The summed E-state index contributed by atoms with van der Waals surface area (Å²) in [6, 6.07) is 5.14. The third-order valence-electron chi connectivity index (χ3n) is 2.58. The van der Waals surface area contributed by atoms with Gasteiger partial charge in [0.25, 0.3) is 0 Å². The number of nitrogens with one attached hydrogen (secondary N) is 1. The maximum absolute atomic E-state index is 13.7. The molecule has 0 saturated carbocycles. The summed E-state index contributed by atoms with van der Waals surface area (Å²) in [4.78, 5) is 0. The summed E-state index contributed by atoms with van der Waals surface area (Å²) in [6.45, 7) is 5.37. The van der Waals surface area contributed by atoms with Crippen LogP contribution in [0.4, 0.5) is 4.39 Å². The lowest BCUT2D eigenvalue weighted by Crippen LogP contribution is -2.13. The molecule has 3 nitrogen and oxygen atoms in total. The Labute approximate surface area is 102 Å². The first-order chi connectivity index (χ1) is 8.19. The zero-order valence-corrected chi connectivity index (χ0v) is 10.6. The van der Waals surface area contributed by atoms with Gasteiger partial charge in [-0.2, -0.15) is 0 Å². The average molecular weight is 241 g/mol. The Hall–Kier alpha value is -1.13. The minimum absolute atomic E-state index is 0.127. The Morgan fingerprint density at radius 2 is 2.12 bits per heavy atom. The van der Waals surface area contributed by atoms with Crippen molar-refractivity contribution in [3.8, 4) is 5.75 Å². The number of halogens is 1. The number of hydrogen-bond acceptors (Lipinski definition) is 3. The topological polar surface area (TPSA) is 30.5 Å². The first kappa shape index (κ1) is 13.9. The normalized spacial score (nSPS) is 12.5. The largest absolute Gasteiger partial charge is 0.488 e. The van der Waals surface area contributed by atoms with Gasteiger partial charge in [0.1, 0.15) is 6.61 Å². The summed E-state index contributed by atoms with van der Waals surface area (Å²) in [5, 5.41) is 3.06. The minimum Gasteiger partial charge on any atom is -0.488 e. The molecule has 0 aliphatic heterocycles. The smallest absolute Gasteiger partial charge is 0.165 e. The quantitative estimate of drug-likeness (QED) is 0.744. The molecule has 1 aromatic carbocycles. The zero-order chi connectivity index (χ0) is 12.7. The van der Waals surface area contributed by atoms with Crippen LogP contribution < -0.4 is 10.1 Å². The van der Waals surface area contributed by atoms with Gasteiger partial charge in [-0.05, 0) is 38.6 Å². The molecule has 1 unspecified atom stereocenters. The molecule has 1 atom stereocenters. The van der Waals surface area contributed by atoms with Crippen molar-refractivity contribution >= 4 is 0 Å². The molecule has 1 N–H and O–H groups in total. The molecule has 0 radical (unpaired) electrons. The summed E-state index contributed by atoms with van der Waals surface area (Å²) in [5.74, 6) is -0.0575. The van der Waals surface area contributed by atoms with Crippen LogP contribution in [-0.2, 0) is 4.74 Å². The first-order valence-corrected chi connectivity index (χ1v) is 5.86. The van der Waals surface area contributed by atoms with Gasteiger partial charge in [-0.1, -0.05) is 6.07 Å². The molecular formula is C13H20FNO2. The SMILES string of the molecule is CCOCCOc1ccc(C(C)NC)cc1F. The predicted molar refractivity (Wildman–Crippen MR) is 65.9 cm³/mol. The van der Waals surface area contributed by atoms with Crippen LogP contribution in [0.15, 0.2) is 18.2 Å². The highest BCUT2D eigenvalue weighted by molar-refractivity contribution is 5.30. The molecular weight excluding hydrogens is 221 g/mol. The maximum atomic E-state index is 13.7. The summed E-state index contributed by atoms with van der Waals surface area (Å²) >= 11 is 0. The van der Waals surface area contributed by atoms with Crippen LogP contribution in [0.2, 0.25) is 0 Å². The molecule has 96 valence electrons. The fourth-order valence-electron chi connectivity index (χ4n) is 1.43. The lowest BCUT2D eigenvalue weighted by molar-refractivity contribution is 0.108. The van der Waals surface area contributed by atoms with E-state index in [0.29, 0.717) is 19.8 Å². The van der Waals surface area contributed by atoms with Crippen molar-refractivity contribution in [2.24, 2.45) is 0 Å². The molecule has 0 bridgehead atoms. The monoisotopic (exact) mass is 241 g/mol. The van der Waals surface area contributed by atoms with Crippen molar-refractivity contribution in [1.29, 1.82) is 0 Å². The standard InChI is InChI=1S/C13H20FNO2/c1-4-16-7-8-17-13-6-5-11(9-12(13)14)10(2)15-3/h5-6,9-10,15H,4,7-8H2,1-3H3. The first-order valence-electron chi connectivity index (χ1n) is 5.86. The average Bonchev–Trinajstić information content (AvgIpc) is 2.35. The molecule has 1 aromatic rings. The Kier molecular flexibility index (Phi) is 5.94. The van der Waals surface area contributed by atoms with Gasteiger partial charge in [0, 0.05) is 12.6 Å². The van der Waals surface area contributed by atoms with Crippen LogP contribution in [0, 0.1) is 5.82 Å². The predicted octanol–water partition coefficient (Wildman–Crippen LogP) is 2.52. The van der Waals surface area contributed by atoms with Crippen LogP contribution in [0.3, 0.4) is 0 Å². The Morgan fingerprint density at radius 1 is 1.35 bits per heavy atom. The van der Waals surface area contributed by atoms with Crippen molar-refractivity contribution < 1.29 is 13.9 Å². The van der Waals surface area contributed by atoms with E-state index in [4.69, 9.17) is 9.47 Å². The van der Waals surface area contributed by atoms with E-state index in [1.807, 2.05) is 27.0 Å². The van der Waals surface area contributed by atoms with Crippen molar-refractivity contribution in [2.75, 3.05) is 26.9 Å². The highest BCUT2D eigenvalue weighted by Crippen LogP contribution is 2.21. The van der Waals surface area contributed by atoms with Crippen molar-refractivity contribution in [3.05, 3.63) is 29.6 Å². The van der Waals surface area contributed by atoms with Crippen LogP contribution in [0.25, 0.3) is 0 Å². The van der Waals surface area contributed by atoms with E-state index in [2.05, 4.69) is 5.32 Å². The number of hydrogen-bond donors (Lipinski definition) is 1. The molecule has 0 aromatic heterocycles. The van der Waals surface area contributed by atoms with Crippen LogP contribution >= 0.6 is 0 Å². The zero-order valence-electron chi connectivity index (χ0n) is 10.6. The second kappa shape index (κ2) is 7.25. The maximum Gasteiger partial charge on any atom is 0.165 e. The van der Waals surface area contributed by atoms with E-state index in [-0.39, 0.29) is 17.6 Å². The number of benzene rings is 1. The summed E-state index contributed by atoms with van der Waals surface area (Å²) in [6.07, 6.45) is 0. The fourth-order valence-corrected chi connectivity index (χ4v) is 1.43. The van der Waals surface area contributed by atoms with E-state index >= 15 is 0 Å². The van der Waals surface area contributed by atoms with Crippen molar-refractivity contribution in [2.45, 2.75) is 19.9 Å². The molecule has 0 spiro atoms. The van der Waals surface area contributed by atoms with Gasteiger partial charge in [-0.25, -0.2) is 4.39 Å². The van der Waals surface area contributed by atoms with Crippen molar-refractivity contribution in [3.63, 3.8) is 0 Å². The van der Waals surface area contributed by atoms with Gasteiger partial charge in [0.15, 0.2) is 11.6 Å². The molecule has 1 rings (SSSR count). The molecule has 17 heavy (non-hydrogen) atoms.